The molecule has 132 valence electrons. The minimum Gasteiger partial charge on any atom is -0.340 e. The molecule has 3 N–H and O–H groups in total. The van der Waals surface area contributed by atoms with Crippen LogP contribution in [0.5, 0.6) is 0 Å². The lowest BCUT2D eigenvalue weighted by atomic mass is 10.0. The topological polar surface area (TPSA) is 87.6 Å². The molecule has 7 heteroatoms. The van der Waals surface area contributed by atoms with Crippen molar-refractivity contribution >= 4 is 17.1 Å². The zero-order valence-corrected chi connectivity index (χ0v) is 14.9. The first-order chi connectivity index (χ1) is 11.9. The number of aromatic nitrogens is 4. The van der Waals surface area contributed by atoms with Crippen molar-refractivity contribution in [1.29, 1.82) is 0 Å². The summed E-state index contributed by atoms with van der Waals surface area (Å²) in [6.45, 7) is 6.05. The number of rotatable bonds is 5. The Morgan fingerprint density at radius 3 is 2.60 bits per heavy atom. The number of amides is 2. The van der Waals surface area contributed by atoms with E-state index in [1.54, 1.807) is 10.9 Å². The Labute approximate surface area is 146 Å². The maximum absolute atomic E-state index is 12.4. The van der Waals surface area contributed by atoms with Gasteiger partial charge in [-0.2, -0.15) is 5.10 Å². The number of H-pyrrole nitrogens is 1. The second-order valence-electron chi connectivity index (χ2n) is 6.65. The molecule has 2 amide bonds. The van der Waals surface area contributed by atoms with Gasteiger partial charge in [0, 0.05) is 18.8 Å². The fourth-order valence-corrected chi connectivity index (χ4v) is 2.80. The van der Waals surface area contributed by atoms with Crippen LogP contribution in [0.3, 0.4) is 0 Å². The van der Waals surface area contributed by atoms with Crippen molar-refractivity contribution in [2.24, 2.45) is 13.0 Å². The van der Waals surface area contributed by atoms with Crippen LogP contribution in [-0.4, -0.2) is 25.8 Å². The number of aryl methyl sites for hydroxylation is 1. The van der Waals surface area contributed by atoms with E-state index in [1.807, 2.05) is 44.4 Å². The van der Waals surface area contributed by atoms with Crippen molar-refractivity contribution in [3.8, 4) is 0 Å². The lowest BCUT2D eigenvalue weighted by Gasteiger charge is -2.22. The number of fused-ring (bicyclic) bond motifs is 1. The SMILES string of the molecule is CC(C)[C@@H](NC(=O)N[C@@H](C)c1cnn(C)c1)c1nc2ccccc2[nH]1. The van der Waals surface area contributed by atoms with Gasteiger partial charge >= 0.3 is 6.03 Å². The van der Waals surface area contributed by atoms with E-state index in [2.05, 4.69) is 39.5 Å². The molecule has 0 unspecified atom stereocenters. The highest BCUT2D eigenvalue weighted by Crippen LogP contribution is 2.22. The first-order valence-corrected chi connectivity index (χ1v) is 8.44. The summed E-state index contributed by atoms with van der Waals surface area (Å²) in [5.41, 5.74) is 2.82. The maximum atomic E-state index is 12.4. The number of benzene rings is 1. The zero-order valence-electron chi connectivity index (χ0n) is 14.9. The van der Waals surface area contributed by atoms with Gasteiger partial charge in [-0.05, 0) is 25.0 Å². The number of nitrogens with zero attached hydrogens (tertiary/aromatic N) is 3. The summed E-state index contributed by atoms with van der Waals surface area (Å²) in [5, 5.41) is 10.1. The minimum atomic E-state index is -0.226. The number of carbonyl (C=O) groups excluding carboxylic acids is 1. The van der Waals surface area contributed by atoms with Gasteiger partial charge in [-0.15, -0.1) is 0 Å². The molecule has 3 aromatic rings. The molecule has 0 saturated carbocycles. The molecule has 2 atom stereocenters. The largest absolute Gasteiger partial charge is 0.340 e. The van der Waals surface area contributed by atoms with Crippen molar-refractivity contribution in [3.05, 3.63) is 48.0 Å². The Kier molecular flexibility index (Phi) is 4.74. The number of aromatic amines is 1. The first-order valence-electron chi connectivity index (χ1n) is 8.44. The monoisotopic (exact) mass is 340 g/mol. The Hall–Kier alpha value is -2.83. The van der Waals surface area contributed by atoms with Crippen LogP contribution in [0.25, 0.3) is 11.0 Å². The van der Waals surface area contributed by atoms with Gasteiger partial charge in [0.15, 0.2) is 0 Å². The molecule has 0 radical (unpaired) electrons. The van der Waals surface area contributed by atoms with Crippen LogP contribution in [0.1, 0.15) is 44.2 Å². The average Bonchev–Trinajstić information content (AvgIpc) is 3.18. The van der Waals surface area contributed by atoms with E-state index in [-0.39, 0.29) is 24.0 Å². The van der Waals surface area contributed by atoms with Crippen LogP contribution in [0.2, 0.25) is 0 Å². The molecular weight excluding hydrogens is 316 g/mol. The summed E-state index contributed by atoms with van der Waals surface area (Å²) in [4.78, 5) is 20.4. The normalized spacial score (nSPS) is 13.8. The summed E-state index contributed by atoms with van der Waals surface area (Å²) in [7, 11) is 1.85. The summed E-state index contributed by atoms with van der Waals surface area (Å²) in [6.07, 6.45) is 3.65. The van der Waals surface area contributed by atoms with Crippen molar-refractivity contribution in [3.63, 3.8) is 0 Å². The molecule has 0 saturated heterocycles. The molecule has 0 aliphatic heterocycles. The fourth-order valence-electron chi connectivity index (χ4n) is 2.80. The molecule has 3 rings (SSSR count). The second-order valence-corrected chi connectivity index (χ2v) is 6.65. The van der Waals surface area contributed by atoms with Crippen molar-refractivity contribution in [2.75, 3.05) is 0 Å². The van der Waals surface area contributed by atoms with E-state index in [0.717, 1.165) is 22.4 Å². The van der Waals surface area contributed by atoms with Crippen molar-refractivity contribution in [1.82, 2.24) is 30.4 Å². The van der Waals surface area contributed by atoms with Crippen LogP contribution in [0, 0.1) is 5.92 Å². The number of urea groups is 1. The van der Waals surface area contributed by atoms with Crippen LogP contribution in [0.4, 0.5) is 4.79 Å². The smallest absolute Gasteiger partial charge is 0.315 e. The third kappa shape index (κ3) is 3.81. The molecule has 0 aliphatic rings. The highest BCUT2D eigenvalue weighted by atomic mass is 16.2. The molecule has 2 heterocycles. The summed E-state index contributed by atoms with van der Waals surface area (Å²) >= 11 is 0. The van der Waals surface area contributed by atoms with Crippen LogP contribution in [0.15, 0.2) is 36.7 Å². The lowest BCUT2D eigenvalue weighted by Crippen LogP contribution is -2.41. The van der Waals surface area contributed by atoms with E-state index >= 15 is 0 Å². The van der Waals surface area contributed by atoms with Gasteiger partial charge in [-0.3, -0.25) is 4.68 Å². The maximum Gasteiger partial charge on any atom is 0.315 e. The van der Waals surface area contributed by atoms with Gasteiger partial charge < -0.3 is 15.6 Å². The van der Waals surface area contributed by atoms with Crippen LogP contribution >= 0.6 is 0 Å². The van der Waals surface area contributed by atoms with Gasteiger partial charge in [0.25, 0.3) is 0 Å². The number of imidazole rings is 1. The van der Waals surface area contributed by atoms with Gasteiger partial charge in [-0.25, -0.2) is 9.78 Å². The van der Waals surface area contributed by atoms with Crippen LogP contribution in [-0.2, 0) is 7.05 Å². The molecule has 2 aromatic heterocycles. The zero-order chi connectivity index (χ0) is 18.0. The second kappa shape index (κ2) is 6.96. The fraction of sp³-hybridized carbons (Fsp3) is 0.389. The van der Waals surface area contributed by atoms with Gasteiger partial charge in [0.1, 0.15) is 5.82 Å². The minimum absolute atomic E-state index is 0.128. The van der Waals surface area contributed by atoms with E-state index in [0.29, 0.717) is 0 Å². The average molecular weight is 340 g/mol. The standard InChI is InChI=1S/C18H24N6O/c1-11(2)16(17-21-14-7-5-6-8-15(14)22-17)23-18(25)20-12(3)13-9-19-24(4)10-13/h5-12,16H,1-4H3,(H,21,22)(H2,20,23,25)/t12-,16+/m0/s1. The predicted octanol–water partition coefficient (Wildman–Crippen LogP) is 3.05. The number of hydrogen-bond donors (Lipinski definition) is 3. The quantitative estimate of drug-likeness (QED) is 0.667. The molecule has 1 aromatic carbocycles. The van der Waals surface area contributed by atoms with E-state index in [1.165, 1.54) is 0 Å². The van der Waals surface area contributed by atoms with E-state index < -0.39 is 0 Å². The third-order valence-corrected chi connectivity index (χ3v) is 4.23. The van der Waals surface area contributed by atoms with E-state index in [9.17, 15) is 4.79 Å². The predicted molar refractivity (Wildman–Crippen MR) is 97.0 cm³/mol. The number of para-hydroxylation sites is 2. The molecule has 0 fully saturated rings. The van der Waals surface area contributed by atoms with Crippen molar-refractivity contribution in [2.45, 2.75) is 32.9 Å². The third-order valence-electron chi connectivity index (χ3n) is 4.23. The molecule has 25 heavy (non-hydrogen) atoms. The van der Waals surface area contributed by atoms with Gasteiger partial charge in [-0.1, -0.05) is 26.0 Å². The molecule has 0 bridgehead atoms. The Bertz CT molecular complexity index is 832. The lowest BCUT2D eigenvalue weighted by molar-refractivity contribution is 0.229. The number of carbonyl (C=O) groups is 1. The van der Waals surface area contributed by atoms with Crippen molar-refractivity contribution < 1.29 is 4.79 Å². The number of nitrogens with one attached hydrogen (secondary N) is 3. The Morgan fingerprint density at radius 2 is 1.96 bits per heavy atom. The molecule has 0 aliphatic carbocycles. The van der Waals surface area contributed by atoms with Crippen LogP contribution < -0.4 is 10.6 Å². The first kappa shape index (κ1) is 17.0. The summed E-state index contributed by atoms with van der Waals surface area (Å²) in [5.74, 6) is 0.959. The summed E-state index contributed by atoms with van der Waals surface area (Å²) in [6, 6.07) is 7.30. The summed E-state index contributed by atoms with van der Waals surface area (Å²) < 4.78 is 1.72. The number of hydrogen-bond acceptors (Lipinski definition) is 3. The van der Waals surface area contributed by atoms with Gasteiger partial charge in [0.2, 0.25) is 0 Å². The molecule has 0 spiro atoms. The Morgan fingerprint density at radius 1 is 1.20 bits per heavy atom. The highest BCUT2D eigenvalue weighted by Gasteiger charge is 2.22. The molecular formula is C18H24N6O. The Balaban J connectivity index is 1.72. The molecule has 7 nitrogen and oxygen atoms in total. The van der Waals surface area contributed by atoms with E-state index in [4.69, 9.17) is 0 Å². The highest BCUT2D eigenvalue weighted by molar-refractivity contribution is 5.76. The van der Waals surface area contributed by atoms with Gasteiger partial charge in [0.05, 0.1) is 29.3 Å².